The van der Waals surface area contributed by atoms with E-state index in [-0.39, 0.29) is 12.8 Å². The number of carbonyl (C=O) groups excluding carboxylic acids is 1. The molecule has 0 bridgehead atoms. The van der Waals surface area contributed by atoms with E-state index < -0.39 is 85.6 Å². The van der Waals surface area contributed by atoms with Crippen molar-refractivity contribution in [2.45, 2.75) is 178 Å². The van der Waals surface area contributed by atoms with Crippen molar-refractivity contribution in [2.75, 3.05) is 0 Å². The predicted octanol–water partition coefficient (Wildman–Crippen LogP) is 1.77. The van der Waals surface area contributed by atoms with E-state index in [1.807, 2.05) is 6.92 Å². The van der Waals surface area contributed by atoms with E-state index in [9.17, 15) is 40.2 Å². The van der Waals surface area contributed by atoms with Crippen LogP contribution in [-0.4, -0.2) is 116 Å². The average Bonchev–Trinajstić information content (AvgIpc) is 2.94. The van der Waals surface area contributed by atoms with Crippen LogP contribution in [0.3, 0.4) is 0 Å². The van der Waals surface area contributed by atoms with Gasteiger partial charge in [0.15, 0.2) is 12.6 Å². The van der Waals surface area contributed by atoms with Crippen LogP contribution in [0.4, 0.5) is 0 Å². The molecule has 2 aliphatic rings. The second kappa shape index (κ2) is 19.2. The lowest BCUT2D eigenvalue weighted by Crippen LogP contribution is -2.63. The van der Waals surface area contributed by atoms with E-state index in [2.05, 4.69) is 6.92 Å². The van der Waals surface area contributed by atoms with Gasteiger partial charge in [-0.3, -0.25) is 9.59 Å². The van der Waals surface area contributed by atoms with E-state index in [1.54, 1.807) is 0 Å². The summed E-state index contributed by atoms with van der Waals surface area (Å²) in [6.45, 7) is 7.14. The summed E-state index contributed by atoms with van der Waals surface area (Å²) < 4.78 is 29.0. The summed E-state index contributed by atoms with van der Waals surface area (Å²) in [5.41, 5.74) is 0. The molecule has 2 rings (SSSR count). The van der Waals surface area contributed by atoms with Crippen LogP contribution in [0.1, 0.15) is 105 Å². The van der Waals surface area contributed by atoms with Crippen molar-refractivity contribution in [3.8, 4) is 0 Å². The maximum atomic E-state index is 13.0. The Labute approximate surface area is 254 Å². The third-order valence-corrected chi connectivity index (χ3v) is 8.06. The molecular formula is C30H54O13. The minimum Gasteiger partial charge on any atom is -0.481 e. The number of hydrogen-bond donors (Lipinski definition) is 6. The second-order valence-electron chi connectivity index (χ2n) is 11.8. The van der Waals surface area contributed by atoms with Crippen LogP contribution in [0.2, 0.25) is 0 Å². The van der Waals surface area contributed by atoms with Crippen LogP contribution in [0, 0.1) is 0 Å². The number of aliphatic hydroxyl groups is 5. The van der Waals surface area contributed by atoms with Gasteiger partial charge in [-0.25, -0.2) is 0 Å². The van der Waals surface area contributed by atoms with Crippen LogP contribution in [0.25, 0.3) is 0 Å². The van der Waals surface area contributed by atoms with Gasteiger partial charge < -0.3 is 54.3 Å². The lowest BCUT2D eigenvalue weighted by molar-refractivity contribution is -0.366. The molecule has 0 radical (unpaired) electrons. The molecule has 0 aromatic carbocycles. The fraction of sp³-hybridized carbons (Fsp3) is 0.933. The minimum atomic E-state index is -1.67. The molecule has 0 aliphatic carbocycles. The van der Waals surface area contributed by atoms with Gasteiger partial charge in [0.2, 0.25) is 0 Å². The number of aliphatic carboxylic acids is 1. The summed E-state index contributed by atoms with van der Waals surface area (Å²) >= 11 is 0. The third-order valence-electron chi connectivity index (χ3n) is 8.06. The van der Waals surface area contributed by atoms with Crippen LogP contribution >= 0.6 is 0 Å². The summed E-state index contributed by atoms with van der Waals surface area (Å²) in [5.74, 6) is -1.69. The Hall–Kier alpha value is -1.42. The van der Waals surface area contributed by atoms with Gasteiger partial charge in [0.05, 0.1) is 31.2 Å². The van der Waals surface area contributed by atoms with Gasteiger partial charge in [-0.05, 0) is 33.1 Å². The van der Waals surface area contributed by atoms with E-state index in [4.69, 9.17) is 23.7 Å². The number of esters is 1. The molecule has 2 fully saturated rings. The molecule has 43 heavy (non-hydrogen) atoms. The van der Waals surface area contributed by atoms with Crippen LogP contribution < -0.4 is 0 Å². The Morgan fingerprint density at radius 1 is 0.674 bits per heavy atom. The molecule has 2 heterocycles. The third kappa shape index (κ3) is 12.1. The molecule has 0 amide bonds. The number of carboxylic acid groups (broad SMARTS) is 1. The molecule has 0 aromatic rings. The Bertz CT molecular complexity index is 813. The van der Waals surface area contributed by atoms with Crippen molar-refractivity contribution < 1.29 is 63.9 Å². The molecule has 0 aromatic heterocycles. The van der Waals surface area contributed by atoms with Crippen molar-refractivity contribution in [3.05, 3.63) is 0 Å². The SMILES string of the molecule is CCCCCCCC(CC(=O)OC(CCCCC)CC(=O)O)O[C@@H]1O[C@@H](C)[C@H](O)[C@@H](O)[C@H]1O[C@@H]1O[C@@H](C)[C@H](O)[C@@H](O)[C@H]1O. The molecule has 13 nitrogen and oxygen atoms in total. The quantitative estimate of drug-likeness (QED) is 0.0900. The molecule has 6 N–H and O–H groups in total. The number of carbonyl (C=O) groups is 2. The summed E-state index contributed by atoms with van der Waals surface area (Å²) in [5, 5.41) is 61.4. The Morgan fingerprint density at radius 2 is 1.21 bits per heavy atom. The zero-order chi connectivity index (χ0) is 32.1. The fourth-order valence-electron chi connectivity index (χ4n) is 5.36. The first-order valence-electron chi connectivity index (χ1n) is 15.8. The lowest BCUT2D eigenvalue weighted by Gasteiger charge is -2.46. The minimum absolute atomic E-state index is 0.207. The first-order valence-corrected chi connectivity index (χ1v) is 15.8. The van der Waals surface area contributed by atoms with Crippen molar-refractivity contribution in [2.24, 2.45) is 0 Å². The normalized spacial score (nSPS) is 34.4. The summed E-state index contributed by atoms with van der Waals surface area (Å²) in [6.07, 6.45) is -7.39. The summed E-state index contributed by atoms with van der Waals surface area (Å²) in [6, 6.07) is 0. The maximum absolute atomic E-state index is 13.0. The number of ether oxygens (including phenoxy) is 5. The summed E-state index contributed by atoms with van der Waals surface area (Å²) in [4.78, 5) is 24.4. The van der Waals surface area contributed by atoms with Gasteiger partial charge in [0.25, 0.3) is 0 Å². The monoisotopic (exact) mass is 622 g/mol. The van der Waals surface area contributed by atoms with Crippen molar-refractivity contribution >= 4 is 11.9 Å². The molecule has 252 valence electrons. The van der Waals surface area contributed by atoms with Gasteiger partial charge in [-0.1, -0.05) is 58.8 Å². The van der Waals surface area contributed by atoms with E-state index in [1.165, 1.54) is 13.8 Å². The van der Waals surface area contributed by atoms with Crippen LogP contribution in [0.15, 0.2) is 0 Å². The van der Waals surface area contributed by atoms with Crippen molar-refractivity contribution in [3.63, 3.8) is 0 Å². The van der Waals surface area contributed by atoms with Gasteiger partial charge >= 0.3 is 11.9 Å². The fourth-order valence-corrected chi connectivity index (χ4v) is 5.36. The topological polar surface area (TPSA) is 202 Å². The van der Waals surface area contributed by atoms with Gasteiger partial charge in [0, 0.05) is 0 Å². The maximum Gasteiger partial charge on any atom is 0.308 e. The van der Waals surface area contributed by atoms with Crippen molar-refractivity contribution in [1.82, 2.24) is 0 Å². The Morgan fingerprint density at radius 3 is 1.84 bits per heavy atom. The number of rotatable bonds is 19. The Kier molecular flexibility index (Phi) is 16.8. The molecule has 13 heteroatoms. The number of hydrogen-bond acceptors (Lipinski definition) is 12. The highest BCUT2D eigenvalue weighted by atomic mass is 16.8. The van der Waals surface area contributed by atoms with E-state index in [0.29, 0.717) is 12.8 Å². The van der Waals surface area contributed by atoms with Crippen molar-refractivity contribution in [1.29, 1.82) is 0 Å². The smallest absolute Gasteiger partial charge is 0.308 e. The van der Waals surface area contributed by atoms with Gasteiger partial charge in [0.1, 0.15) is 42.7 Å². The standard InChI is InChI=1S/C30H54O13/c1-5-7-9-10-12-14-20(16-22(33)41-19(15-21(31)32)13-11-8-6-2)42-30-28(26(37)24(35)18(4)40-30)43-29-27(38)25(36)23(34)17(3)39-29/h17-20,23-30,34-38H,5-16H2,1-4H3,(H,31,32)/t17-,18-,19?,20?,23-,24-,25+,26+,27+,28+,29-,30-/m0/s1. The number of aliphatic hydroxyl groups excluding tert-OH is 5. The molecular weight excluding hydrogens is 568 g/mol. The first kappa shape index (κ1) is 37.8. The molecule has 2 unspecified atom stereocenters. The molecule has 12 atom stereocenters. The highest BCUT2D eigenvalue weighted by Crippen LogP contribution is 2.31. The molecule has 0 spiro atoms. The summed E-state index contributed by atoms with van der Waals surface area (Å²) in [7, 11) is 0. The van der Waals surface area contributed by atoms with Crippen LogP contribution in [0.5, 0.6) is 0 Å². The predicted molar refractivity (Wildman–Crippen MR) is 153 cm³/mol. The van der Waals surface area contributed by atoms with Gasteiger partial charge in [-0.2, -0.15) is 0 Å². The first-order chi connectivity index (χ1) is 20.4. The highest BCUT2D eigenvalue weighted by molar-refractivity contribution is 5.72. The van der Waals surface area contributed by atoms with E-state index in [0.717, 1.165) is 51.4 Å². The lowest BCUT2D eigenvalue weighted by atomic mass is 9.97. The number of carboxylic acids is 1. The van der Waals surface area contributed by atoms with E-state index >= 15 is 0 Å². The molecule has 0 saturated carbocycles. The highest BCUT2D eigenvalue weighted by Gasteiger charge is 2.50. The zero-order valence-electron chi connectivity index (χ0n) is 26.0. The Balaban J connectivity index is 2.19. The zero-order valence-corrected chi connectivity index (χ0v) is 26.0. The largest absolute Gasteiger partial charge is 0.481 e. The molecule has 2 aliphatic heterocycles. The van der Waals surface area contributed by atoms with Gasteiger partial charge in [-0.15, -0.1) is 0 Å². The number of unbranched alkanes of at least 4 members (excludes halogenated alkanes) is 6. The second-order valence-corrected chi connectivity index (χ2v) is 11.8. The average molecular weight is 623 g/mol. The van der Waals surface area contributed by atoms with Crippen LogP contribution in [-0.2, 0) is 33.3 Å². The molecule has 2 saturated heterocycles.